The minimum Gasteiger partial charge on any atom is -0.493 e. The fourth-order valence-electron chi connectivity index (χ4n) is 1.89. The van der Waals surface area contributed by atoms with Crippen LogP contribution < -0.4 is 0 Å². The fourth-order valence-corrected chi connectivity index (χ4v) is 1.89. The number of hydrogen-bond acceptors (Lipinski definition) is 2. The van der Waals surface area contributed by atoms with Crippen molar-refractivity contribution in [2.45, 2.75) is 38.9 Å². The first-order valence-corrected chi connectivity index (χ1v) is 6.13. The quantitative estimate of drug-likeness (QED) is 0.788. The second-order valence-corrected chi connectivity index (χ2v) is 5.01. The summed E-state index contributed by atoms with van der Waals surface area (Å²) in [5.74, 6) is 0. The highest BCUT2D eigenvalue weighted by Gasteiger charge is 2.28. The molecule has 92 valence electrons. The van der Waals surface area contributed by atoms with Crippen LogP contribution in [0.1, 0.15) is 32.3 Å². The SMILES string of the molecule is CC1=COC(C)(COCc2ccccc2)CC1. The molecule has 1 unspecified atom stereocenters. The van der Waals surface area contributed by atoms with Gasteiger partial charge in [-0.05, 0) is 37.8 Å². The molecule has 2 heteroatoms. The van der Waals surface area contributed by atoms with Gasteiger partial charge in [0.2, 0.25) is 0 Å². The highest BCUT2D eigenvalue weighted by molar-refractivity contribution is 5.13. The minimum absolute atomic E-state index is 0.158. The van der Waals surface area contributed by atoms with Crippen LogP contribution in [0.25, 0.3) is 0 Å². The van der Waals surface area contributed by atoms with Crippen molar-refractivity contribution >= 4 is 0 Å². The van der Waals surface area contributed by atoms with Gasteiger partial charge in [-0.2, -0.15) is 0 Å². The number of ether oxygens (including phenoxy) is 2. The van der Waals surface area contributed by atoms with Gasteiger partial charge in [-0.25, -0.2) is 0 Å². The van der Waals surface area contributed by atoms with E-state index in [-0.39, 0.29) is 5.60 Å². The molecule has 1 atom stereocenters. The third kappa shape index (κ3) is 3.60. The number of benzene rings is 1. The van der Waals surface area contributed by atoms with Crippen molar-refractivity contribution in [1.82, 2.24) is 0 Å². The predicted octanol–water partition coefficient (Wildman–Crippen LogP) is 3.68. The van der Waals surface area contributed by atoms with E-state index >= 15 is 0 Å². The number of rotatable bonds is 4. The Balaban J connectivity index is 1.79. The highest BCUT2D eigenvalue weighted by Crippen LogP contribution is 2.27. The van der Waals surface area contributed by atoms with Crippen LogP contribution in [0.4, 0.5) is 0 Å². The Bertz CT molecular complexity index is 383. The van der Waals surface area contributed by atoms with Crippen molar-refractivity contribution in [3.63, 3.8) is 0 Å². The standard InChI is InChI=1S/C15H20O2/c1-13-8-9-15(2,17-10-13)12-16-11-14-6-4-3-5-7-14/h3-7,10H,8-9,11-12H2,1-2H3. The summed E-state index contributed by atoms with van der Waals surface area (Å²) in [7, 11) is 0. The summed E-state index contributed by atoms with van der Waals surface area (Å²) in [6.45, 7) is 5.51. The summed E-state index contributed by atoms with van der Waals surface area (Å²) in [4.78, 5) is 0. The molecule has 1 aliphatic rings. The molecule has 1 aliphatic heterocycles. The van der Waals surface area contributed by atoms with Gasteiger partial charge in [0.05, 0.1) is 19.5 Å². The van der Waals surface area contributed by atoms with Crippen LogP contribution in [0.5, 0.6) is 0 Å². The molecule has 2 rings (SSSR count). The third-order valence-corrected chi connectivity index (χ3v) is 3.11. The van der Waals surface area contributed by atoms with E-state index in [1.165, 1.54) is 11.1 Å². The zero-order valence-electron chi connectivity index (χ0n) is 10.6. The maximum Gasteiger partial charge on any atom is 0.129 e. The molecular weight excluding hydrogens is 212 g/mol. The molecule has 0 bridgehead atoms. The summed E-state index contributed by atoms with van der Waals surface area (Å²) >= 11 is 0. The van der Waals surface area contributed by atoms with Crippen molar-refractivity contribution in [2.75, 3.05) is 6.61 Å². The molecule has 0 amide bonds. The van der Waals surface area contributed by atoms with Crippen LogP contribution in [0.15, 0.2) is 42.2 Å². The van der Waals surface area contributed by atoms with Crippen LogP contribution in [0, 0.1) is 0 Å². The largest absolute Gasteiger partial charge is 0.493 e. The smallest absolute Gasteiger partial charge is 0.129 e. The molecule has 1 heterocycles. The summed E-state index contributed by atoms with van der Waals surface area (Å²) < 4.78 is 11.5. The van der Waals surface area contributed by atoms with Crippen molar-refractivity contribution in [3.8, 4) is 0 Å². The van der Waals surface area contributed by atoms with Crippen LogP contribution in [0.3, 0.4) is 0 Å². The fraction of sp³-hybridized carbons (Fsp3) is 0.467. The van der Waals surface area contributed by atoms with E-state index in [0.29, 0.717) is 13.2 Å². The zero-order chi connectivity index (χ0) is 12.1. The van der Waals surface area contributed by atoms with Crippen LogP contribution in [0.2, 0.25) is 0 Å². The zero-order valence-corrected chi connectivity index (χ0v) is 10.6. The Morgan fingerprint density at radius 2 is 2.06 bits per heavy atom. The molecule has 0 aromatic heterocycles. The van der Waals surface area contributed by atoms with Crippen LogP contribution >= 0.6 is 0 Å². The highest BCUT2D eigenvalue weighted by atomic mass is 16.5. The molecule has 0 saturated carbocycles. The average Bonchev–Trinajstić information content (AvgIpc) is 2.35. The van der Waals surface area contributed by atoms with Crippen LogP contribution in [-0.4, -0.2) is 12.2 Å². The van der Waals surface area contributed by atoms with E-state index < -0.39 is 0 Å². The summed E-state index contributed by atoms with van der Waals surface area (Å²) in [5.41, 5.74) is 2.36. The lowest BCUT2D eigenvalue weighted by Gasteiger charge is -2.32. The number of allylic oxidation sites excluding steroid dienone is 1. The van der Waals surface area contributed by atoms with Gasteiger partial charge in [-0.3, -0.25) is 0 Å². The molecule has 0 fully saturated rings. The summed E-state index contributed by atoms with van der Waals surface area (Å²) in [5, 5.41) is 0. The van der Waals surface area contributed by atoms with Gasteiger partial charge in [0, 0.05) is 0 Å². The predicted molar refractivity (Wildman–Crippen MR) is 68.6 cm³/mol. The molecule has 0 aliphatic carbocycles. The molecule has 1 aromatic rings. The van der Waals surface area contributed by atoms with Crippen molar-refractivity contribution in [1.29, 1.82) is 0 Å². The van der Waals surface area contributed by atoms with E-state index in [9.17, 15) is 0 Å². The maximum atomic E-state index is 5.74. The Hall–Kier alpha value is -1.28. The topological polar surface area (TPSA) is 18.5 Å². The van der Waals surface area contributed by atoms with Crippen LogP contribution in [-0.2, 0) is 16.1 Å². The number of hydrogen-bond donors (Lipinski definition) is 0. The minimum atomic E-state index is -0.158. The molecule has 0 radical (unpaired) electrons. The Morgan fingerprint density at radius 1 is 1.29 bits per heavy atom. The lowest BCUT2D eigenvalue weighted by Crippen LogP contribution is -2.34. The van der Waals surface area contributed by atoms with Gasteiger partial charge in [-0.15, -0.1) is 0 Å². The van der Waals surface area contributed by atoms with E-state index in [1.807, 2.05) is 24.5 Å². The van der Waals surface area contributed by atoms with Gasteiger partial charge in [0.25, 0.3) is 0 Å². The first-order valence-electron chi connectivity index (χ1n) is 6.13. The van der Waals surface area contributed by atoms with E-state index in [2.05, 4.69) is 26.0 Å². The Labute approximate surface area is 103 Å². The monoisotopic (exact) mass is 232 g/mol. The molecule has 0 N–H and O–H groups in total. The first kappa shape index (κ1) is 12.2. The lowest BCUT2D eigenvalue weighted by atomic mass is 9.96. The third-order valence-electron chi connectivity index (χ3n) is 3.11. The van der Waals surface area contributed by atoms with Gasteiger partial charge < -0.3 is 9.47 Å². The Morgan fingerprint density at radius 3 is 2.71 bits per heavy atom. The summed E-state index contributed by atoms with van der Waals surface area (Å²) in [6, 6.07) is 10.2. The molecule has 2 nitrogen and oxygen atoms in total. The molecular formula is C15H20O2. The first-order chi connectivity index (χ1) is 8.18. The van der Waals surface area contributed by atoms with E-state index in [0.717, 1.165) is 12.8 Å². The van der Waals surface area contributed by atoms with Gasteiger partial charge in [-0.1, -0.05) is 30.3 Å². The lowest BCUT2D eigenvalue weighted by molar-refractivity contribution is -0.0604. The van der Waals surface area contributed by atoms with Gasteiger partial charge in [0.1, 0.15) is 5.60 Å². The normalized spacial score (nSPS) is 24.0. The molecule has 1 aromatic carbocycles. The molecule has 0 saturated heterocycles. The second-order valence-electron chi connectivity index (χ2n) is 5.01. The average molecular weight is 232 g/mol. The molecule has 17 heavy (non-hydrogen) atoms. The second kappa shape index (κ2) is 5.37. The van der Waals surface area contributed by atoms with E-state index in [1.54, 1.807) is 0 Å². The van der Waals surface area contributed by atoms with Crippen molar-refractivity contribution in [3.05, 3.63) is 47.7 Å². The van der Waals surface area contributed by atoms with Gasteiger partial charge >= 0.3 is 0 Å². The Kier molecular flexibility index (Phi) is 3.85. The maximum absolute atomic E-state index is 5.74. The summed E-state index contributed by atoms with van der Waals surface area (Å²) in [6.07, 6.45) is 4.00. The molecule has 0 spiro atoms. The van der Waals surface area contributed by atoms with Crippen molar-refractivity contribution < 1.29 is 9.47 Å². The van der Waals surface area contributed by atoms with Gasteiger partial charge in [0.15, 0.2) is 0 Å². The van der Waals surface area contributed by atoms with E-state index in [4.69, 9.17) is 9.47 Å². The van der Waals surface area contributed by atoms with Crippen molar-refractivity contribution in [2.24, 2.45) is 0 Å².